The third kappa shape index (κ3) is 5.39. The molecule has 146 valence electrons. The number of benzene rings is 2. The topological polar surface area (TPSA) is 56.8 Å². The summed E-state index contributed by atoms with van der Waals surface area (Å²) in [7, 11) is 4.85. The molecule has 1 N–H and O–H groups in total. The maximum atomic E-state index is 12.8. The number of nitrogens with one attached hydrogen (secondary N) is 1. The molecule has 1 atom stereocenters. The summed E-state index contributed by atoms with van der Waals surface area (Å²) in [5.74, 6) is 2.04. The van der Waals surface area contributed by atoms with Gasteiger partial charge in [0.25, 0.3) is 0 Å². The van der Waals surface area contributed by atoms with Crippen LogP contribution in [0.3, 0.4) is 0 Å². The van der Waals surface area contributed by atoms with E-state index in [4.69, 9.17) is 14.2 Å². The maximum absolute atomic E-state index is 12.8. The minimum Gasteiger partial charge on any atom is -0.497 e. The largest absolute Gasteiger partial charge is 0.497 e. The van der Waals surface area contributed by atoms with Crippen LogP contribution in [-0.4, -0.2) is 33.8 Å². The number of rotatable bonds is 9. The summed E-state index contributed by atoms with van der Waals surface area (Å²) in [6, 6.07) is 13.5. The van der Waals surface area contributed by atoms with E-state index in [0.717, 1.165) is 23.3 Å². The first-order chi connectivity index (χ1) is 13.0. The average molecular weight is 371 g/mol. The molecule has 2 aromatic carbocycles. The Morgan fingerprint density at radius 3 is 2.15 bits per heavy atom. The van der Waals surface area contributed by atoms with Crippen molar-refractivity contribution in [3.63, 3.8) is 0 Å². The van der Waals surface area contributed by atoms with Crippen molar-refractivity contribution in [1.82, 2.24) is 5.32 Å². The molecule has 2 aromatic rings. The third-order valence-electron chi connectivity index (χ3n) is 4.59. The summed E-state index contributed by atoms with van der Waals surface area (Å²) in [6.45, 7) is 4.68. The van der Waals surface area contributed by atoms with Crippen LogP contribution in [0.15, 0.2) is 42.5 Å². The summed E-state index contributed by atoms with van der Waals surface area (Å²) in [6.07, 6.45) is 0.770. The fraction of sp³-hybridized carbons (Fsp3) is 0.409. The van der Waals surface area contributed by atoms with Gasteiger partial charge in [-0.3, -0.25) is 4.79 Å². The number of hydrogen-bond acceptors (Lipinski definition) is 4. The summed E-state index contributed by atoms with van der Waals surface area (Å²) >= 11 is 0. The second-order valence-electron chi connectivity index (χ2n) is 6.73. The summed E-state index contributed by atoms with van der Waals surface area (Å²) in [5.41, 5.74) is 2.08. The molecule has 0 saturated heterocycles. The van der Waals surface area contributed by atoms with Crippen molar-refractivity contribution in [2.45, 2.75) is 26.2 Å². The molecule has 1 unspecified atom stereocenters. The predicted molar refractivity (Wildman–Crippen MR) is 107 cm³/mol. The van der Waals surface area contributed by atoms with Crippen molar-refractivity contribution in [3.05, 3.63) is 53.6 Å². The van der Waals surface area contributed by atoms with Crippen molar-refractivity contribution in [2.24, 2.45) is 5.92 Å². The van der Waals surface area contributed by atoms with Gasteiger partial charge in [-0.1, -0.05) is 32.0 Å². The first-order valence-electron chi connectivity index (χ1n) is 9.12. The van der Waals surface area contributed by atoms with Gasteiger partial charge in [0.05, 0.1) is 27.2 Å². The minimum absolute atomic E-state index is 0.0192. The molecular weight excluding hydrogens is 342 g/mol. The van der Waals surface area contributed by atoms with Gasteiger partial charge in [0.1, 0.15) is 5.75 Å². The molecule has 1 amide bonds. The molecule has 0 spiro atoms. The highest BCUT2D eigenvalue weighted by Gasteiger charge is 2.25. The molecule has 27 heavy (non-hydrogen) atoms. The lowest BCUT2D eigenvalue weighted by Crippen LogP contribution is -2.33. The molecule has 0 aliphatic heterocycles. The van der Waals surface area contributed by atoms with Crippen LogP contribution in [0.4, 0.5) is 0 Å². The molecule has 5 nitrogen and oxygen atoms in total. The van der Waals surface area contributed by atoms with Gasteiger partial charge in [0, 0.05) is 6.54 Å². The van der Waals surface area contributed by atoms with Crippen LogP contribution in [0.1, 0.15) is 30.9 Å². The summed E-state index contributed by atoms with van der Waals surface area (Å²) in [4.78, 5) is 12.8. The Morgan fingerprint density at radius 1 is 0.926 bits per heavy atom. The van der Waals surface area contributed by atoms with Crippen LogP contribution < -0.4 is 19.5 Å². The van der Waals surface area contributed by atoms with Crippen LogP contribution in [0.5, 0.6) is 17.2 Å². The zero-order valence-corrected chi connectivity index (χ0v) is 16.7. The summed E-state index contributed by atoms with van der Waals surface area (Å²) in [5, 5.41) is 3.06. The zero-order chi connectivity index (χ0) is 19.8. The van der Waals surface area contributed by atoms with Gasteiger partial charge in [-0.15, -0.1) is 0 Å². The minimum atomic E-state index is -0.249. The standard InChI is InChI=1S/C22H29NO4/c1-15(2)21(17-8-11-19(26-4)20(14-17)27-5)22(24)23-13-12-16-6-9-18(25-3)10-7-16/h6-11,14-15,21H,12-13H2,1-5H3,(H,23,24). The monoisotopic (exact) mass is 371 g/mol. The number of methoxy groups -OCH3 is 3. The highest BCUT2D eigenvalue weighted by molar-refractivity contribution is 5.84. The van der Waals surface area contributed by atoms with Gasteiger partial charge in [-0.2, -0.15) is 0 Å². The second kappa shape index (κ2) is 9.86. The normalized spacial score (nSPS) is 11.8. The van der Waals surface area contributed by atoms with Crippen molar-refractivity contribution in [1.29, 1.82) is 0 Å². The van der Waals surface area contributed by atoms with E-state index in [1.807, 2.05) is 56.3 Å². The molecule has 0 radical (unpaired) electrons. The van der Waals surface area contributed by atoms with E-state index in [1.165, 1.54) is 0 Å². The number of carbonyl (C=O) groups is 1. The van der Waals surface area contributed by atoms with Crippen LogP contribution in [0.2, 0.25) is 0 Å². The van der Waals surface area contributed by atoms with Crippen LogP contribution >= 0.6 is 0 Å². The Hall–Kier alpha value is -2.69. The molecule has 0 fully saturated rings. The zero-order valence-electron chi connectivity index (χ0n) is 16.7. The van der Waals surface area contributed by atoms with Gasteiger partial charge in [-0.05, 0) is 47.7 Å². The van der Waals surface area contributed by atoms with Gasteiger partial charge >= 0.3 is 0 Å². The Labute approximate surface area is 161 Å². The first kappa shape index (κ1) is 20.6. The molecule has 0 aromatic heterocycles. The molecule has 0 bridgehead atoms. The van der Waals surface area contributed by atoms with Crippen molar-refractivity contribution >= 4 is 5.91 Å². The molecular formula is C22H29NO4. The lowest BCUT2D eigenvalue weighted by Gasteiger charge is -2.22. The van der Waals surface area contributed by atoms with E-state index in [1.54, 1.807) is 21.3 Å². The van der Waals surface area contributed by atoms with Gasteiger partial charge < -0.3 is 19.5 Å². The molecule has 5 heteroatoms. The SMILES string of the molecule is COc1ccc(CCNC(=O)C(c2ccc(OC)c(OC)c2)C(C)C)cc1. The predicted octanol–water partition coefficient (Wildman–Crippen LogP) is 3.81. The van der Waals surface area contributed by atoms with Crippen molar-refractivity contribution < 1.29 is 19.0 Å². The fourth-order valence-corrected chi connectivity index (χ4v) is 3.12. The third-order valence-corrected chi connectivity index (χ3v) is 4.59. The van der Waals surface area contributed by atoms with Gasteiger partial charge in [0.15, 0.2) is 11.5 Å². The van der Waals surface area contributed by atoms with E-state index in [2.05, 4.69) is 5.32 Å². The van der Waals surface area contributed by atoms with Crippen molar-refractivity contribution in [3.8, 4) is 17.2 Å². The smallest absolute Gasteiger partial charge is 0.227 e. The molecule has 0 saturated carbocycles. The molecule has 0 heterocycles. The Kier molecular flexibility index (Phi) is 7.53. The van der Waals surface area contributed by atoms with Gasteiger partial charge in [0.2, 0.25) is 5.91 Å². The Bertz CT molecular complexity index is 740. The highest BCUT2D eigenvalue weighted by atomic mass is 16.5. The lowest BCUT2D eigenvalue weighted by atomic mass is 9.87. The number of hydrogen-bond donors (Lipinski definition) is 1. The second-order valence-corrected chi connectivity index (χ2v) is 6.73. The quantitative estimate of drug-likeness (QED) is 0.728. The van der Waals surface area contributed by atoms with Crippen LogP contribution in [-0.2, 0) is 11.2 Å². The Balaban J connectivity index is 2.04. The first-order valence-corrected chi connectivity index (χ1v) is 9.12. The van der Waals surface area contributed by atoms with E-state index in [-0.39, 0.29) is 17.7 Å². The number of amides is 1. The fourth-order valence-electron chi connectivity index (χ4n) is 3.12. The van der Waals surface area contributed by atoms with Crippen LogP contribution in [0, 0.1) is 5.92 Å². The van der Waals surface area contributed by atoms with Gasteiger partial charge in [-0.25, -0.2) is 0 Å². The van der Waals surface area contributed by atoms with E-state index in [0.29, 0.717) is 18.0 Å². The van der Waals surface area contributed by atoms with E-state index >= 15 is 0 Å². The van der Waals surface area contributed by atoms with Crippen molar-refractivity contribution in [2.75, 3.05) is 27.9 Å². The van der Waals surface area contributed by atoms with E-state index in [9.17, 15) is 4.79 Å². The maximum Gasteiger partial charge on any atom is 0.227 e. The molecule has 0 aliphatic rings. The molecule has 0 aliphatic carbocycles. The van der Waals surface area contributed by atoms with E-state index < -0.39 is 0 Å². The average Bonchev–Trinajstić information content (AvgIpc) is 2.68. The lowest BCUT2D eigenvalue weighted by molar-refractivity contribution is -0.123. The Morgan fingerprint density at radius 2 is 1.59 bits per heavy atom. The number of carbonyl (C=O) groups excluding carboxylic acids is 1. The number of ether oxygens (including phenoxy) is 3. The van der Waals surface area contributed by atoms with Crippen LogP contribution in [0.25, 0.3) is 0 Å². The highest BCUT2D eigenvalue weighted by Crippen LogP contribution is 2.33. The molecule has 2 rings (SSSR count). The summed E-state index contributed by atoms with van der Waals surface area (Å²) < 4.78 is 15.8.